The monoisotopic (exact) mass is 393 g/mol. The fourth-order valence-electron chi connectivity index (χ4n) is 2.34. The lowest BCUT2D eigenvalue weighted by Gasteiger charge is -2.14. The standard InChI is InChI=1S/C19H23NO6S/c1-11(2)25-14-7-6-13(8-15(14)24-5)9-16-18(22)20(19(23)27-16)10-17(21)26-12(3)4/h6-9,11-12H,10H2,1-5H3/b16-9-. The second-order valence-corrected chi connectivity index (χ2v) is 7.38. The predicted molar refractivity (Wildman–Crippen MR) is 103 cm³/mol. The van der Waals surface area contributed by atoms with Gasteiger partial charge in [-0.1, -0.05) is 6.07 Å². The largest absolute Gasteiger partial charge is 0.493 e. The average Bonchev–Trinajstić information content (AvgIpc) is 2.82. The van der Waals surface area contributed by atoms with Gasteiger partial charge in [0, 0.05) is 0 Å². The van der Waals surface area contributed by atoms with Gasteiger partial charge in [0.05, 0.1) is 24.2 Å². The van der Waals surface area contributed by atoms with E-state index in [1.807, 2.05) is 13.8 Å². The second kappa shape index (κ2) is 8.94. The van der Waals surface area contributed by atoms with Gasteiger partial charge < -0.3 is 14.2 Å². The Balaban J connectivity index is 2.18. The minimum atomic E-state index is -0.620. The SMILES string of the molecule is COc1cc(/C=C2\SC(=O)N(CC(=O)OC(C)C)C2=O)ccc1OC(C)C. The molecule has 0 N–H and O–H groups in total. The Morgan fingerprint density at radius 1 is 1.15 bits per heavy atom. The van der Waals surface area contributed by atoms with Gasteiger partial charge in [-0.25, -0.2) is 0 Å². The van der Waals surface area contributed by atoms with Crippen LogP contribution in [-0.2, 0) is 14.3 Å². The van der Waals surface area contributed by atoms with Crippen molar-refractivity contribution in [2.75, 3.05) is 13.7 Å². The van der Waals surface area contributed by atoms with E-state index in [0.29, 0.717) is 17.1 Å². The van der Waals surface area contributed by atoms with Gasteiger partial charge in [0.1, 0.15) is 6.54 Å². The zero-order valence-electron chi connectivity index (χ0n) is 16.0. The molecule has 0 atom stereocenters. The summed E-state index contributed by atoms with van der Waals surface area (Å²) in [5, 5.41) is -0.501. The Morgan fingerprint density at radius 3 is 2.44 bits per heavy atom. The summed E-state index contributed by atoms with van der Waals surface area (Å²) in [4.78, 5) is 37.4. The number of benzene rings is 1. The summed E-state index contributed by atoms with van der Waals surface area (Å²) in [6, 6.07) is 5.23. The van der Waals surface area contributed by atoms with Crippen LogP contribution in [0.3, 0.4) is 0 Å². The fraction of sp³-hybridized carbons (Fsp3) is 0.421. The maximum Gasteiger partial charge on any atom is 0.326 e. The average molecular weight is 393 g/mol. The van der Waals surface area contributed by atoms with E-state index in [2.05, 4.69) is 0 Å². The van der Waals surface area contributed by atoms with Crippen molar-refractivity contribution in [3.63, 3.8) is 0 Å². The van der Waals surface area contributed by atoms with Crippen LogP contribution < -0.4 is 9.47 Å². The van der Waals surface area contributed by atoms with Crippen molar-refractivity contribution < 1.29 is 28.6 Å². The highest BCUT2D eigenvalue weighted by molar-refractivity contribution is 8.18. The summed E-state index contributed by atoms with van der Waals surface area (Å²) in [6.45, 7) is 6.82. The van der Waals surface area contributed by atoms with Gasteiger partial charge in [-0.15, -0.1) is 0 Å². The fourth-order valence-corrected chi connectivity index (χ4v) is 3.18. The number of esters is 1. The van der Waals surface area contributed by atoms with Crippen LogP contribution >= 0.6 is 11.8 Å². The number of nitrogens with zero attached hydrogens (tertiary/aromatic N) is 1. The molecule has 1 fully saturated rings. The molecule has 7 nitrogen and oxygen atoms in total. The Bertz CT molecular complexity index is 771. The van der Waals surface area contributed by atoms with E-state index in [1.54, 1.807) is 38.1 Å². The number of rotatable bonds is 7. The minimum Gasteiger partial charge on any atom is -0.493 e. The molecule has 1 aliphatic rings. The third-order valence-corrected chi connectivity index (χ3v) is 4.28. The number of carbonyl (C=O) groups is 3. The molecule has 2 amide bonds. The number of methoxy groups -OCH3 is 1. The molecular weight excluding hydrogens is 370 g/mol. The van der Waals surface area contributed by atoms with Gasteiger partial charge >= 0.3 is 5.97 Å². The number of hydrogen-bond acceptors (Lipinski definition) is 7. The Hall–Kier alpha value is -2.48. The molecule has 0 unspecified atom stereocenters. The van der Waals surface area contributed by atoms with E-state index in [-0.39, 0.29) is 17.1 Å². The highest BCUT2D eigenvalue weighted by atomic mass is 32.2. The Labute approximate surface area is 162 Å². The third kappa shape index (κ3) is 5.50. The van der Waals surface area contributed by atoms with Crippen molar-refractivity contribution in [1.82, 2.24) is 4.90 Å². The quantitative estimate of drug-likeness (QED) is 0.518. The summed E-state index contributed by atoms with van der Waals surface area (Å²) in [7, 11) is 1.53. The molecule has 1 heterocycles. The molecule has 0 spiro atoms. The number of thioether (sulfide) groups is 1. The summed E-state index contributed by atoms with van der Waals surface area (Å²) in [5.74, 6) is -0.0241. The van der Waals surface area contributed by atoms with Crippen molar-refractivity contribution in [2.45, 2.75) is 39.9 Å². The first-order valence-corrected chi connectivity index (χ1v) is 9.32. The van der Waals surface area contributed by atoms with Crippen LogP contribution in [0, 0.1) is 0 Å². The molecule has 8 heteroatoms. The smallest absolute Gasteiger partial charge is 0.326 e. The first-order chi connectivity index (χ1) is 12.7. The minimum absolute atomic E-state index is 0.00755. The molecule has 0 saturated carbocycles. The molecule has 0 bridgehead atoms. The van der Waals surface area contributed by atoms with Crippen molar-refractivity contribution >= 4 is 35.0 Å². The maximum absolute atomic E-state index is 12.5. The van der Waals surface area contributed by atoms with Crippen LogP contribution in [-0.4, -0.2) is 47.9 Å². The number of carbonyl (C=O) groups excluding carboxylic acids is 3. The lowest BCUT2D eigenvalue weighted by atomic mass is 10.2. The summed E-state index contributed by atoms with van der Waals surface area (Å²) in [6.07, 6.45) is 1.26. The first-order valence-electron chi connectivity index (χ1n) is 8.50. The zero-order chi connectivity index (χ0) is 20.1. The van der Waals surface area contributed by atoms with Gasteiger partial charge in [-0.2, -0.15) is 0 Å². The van der Waals surface area contributed by atoms with Gasteiger partial charge in [-0.05, 0) is 63.2 Å². The molecule has 0 radical (unpaired) electrons. The molecular formula is C19H23NO6S. The molecule has 1 saturated heterocycles. The molecule has 0 aliphatic carbocycles. The lowest BCUT2D eigenvalue weighted by Crippen LogP contribution is -2.35. The van der Waals surface area contributed by atoms with Crippen LogP contribution in [0.5, 0.6) is 11.5 Å². The maximum atomic E-state index is 12.5. The zero-order valence-corrected chi connectivity index (χ0v) is 16.8. The topological polar surface area (TPSA) is 82.1 Å². The van der Waals surface area contributed by atoms with Crippen molar-refractivity contribution in [3.8, 4) is 11.5 Å². The molecule has 0 aromatic heterocycles. The third-order valence-electron chi connectivity index (χ3n) is 3.38. The van der Waals surface area contributed by atoms with E-state index in [9.17, 15) is 14.4 Å². The number of amides is 2. The normalized spacial score (nSPS) is 15.8. The van der Waals surface area contributed by atoms with Crippen molar-refractivity contribution in [3.05, 3.63) is 28.7 Å². The van der Waals surface area contributed by atoms with E-state index >= 15 is 0 Å². The molecule has 146 valence electrons. The van der Waals surface area contributed by atoms with Gasteiger partial charge in [0.2, 0.25) is 0 Å². The number of imide groups is 1. The Morgan fingerprint density at radius 2 is 1.85 bits per heavy atom. The summed E-state index contributed by atoms with van der Waals surface area (Å²) in [5.41, 5.74) is 0.679. The molecule has 1 aromatic carbocycles. The molecule has 1 aliphatic heterocycles. The molecule has 2 rings (SSSR count). The summed E-state index contributed by atoms with van der Waals surface area (Å²) < 4.78 is 16.0. The number of hydrogen-bond donors (Lipinski definition) is 0. The molecule has 27 heavy (non-hydrogen) atoms. The molecule has 1 aromatic rings. The van der Waals surface area contributed by atoms with Crippen LogP contribution in [0.1, 0.15) is 33.3 Å². The van der Waals surface area contributed by atoms with Crippen LogP contribution in [0.4, 0.5) is 4.79 Å². The van der Waals surface area contributed by atoms with E-state index < -0.39 is 23.7 Å². The van der Waals surface area contributed by atoms with Gasteiger partial charge in [0.15, 0.2) is 11.5 Å². The van der Waals surface area contributed by atoms with Crippen molar-refractivity contribution in [1.29, 1.82) is 0 Å². The highest BCUT2D eigenvalue weighted by Gasteiger charge is 2.36. The van der Waals surface area contributed by atoms with Crippen LogP contribution in [0.2, 0.25) is 0 Å². The van der Waals surface area contributed by atoms with Crippen LogP contribution in [0.15, 0.2) is 23.1 Å². The van der Waals surface area contributed by atoms with E-state index in [0.717, 1.165) is 16.7 Å². The second-order valence-electron chi connectivity index (χ2n) is 6.38. The lowest BCUT2D eigenvalue weighted by molar-refractivity contribution is -0.149. The van der Waals surface area contributed by atoms with E-state index in [4.69, 9.17) is 14.2 Å². The number of ether oxygens (including phenoxy) is 3. The highest BCUT2D eigenvalue weighted by Crippen LogP contribution is 2.34. The predicted octanol–water partition coefficient (Wildman–Crippen LogP) is 3.47. The Kier molecular flexibility index (Phi) is 6.90. The van der Waals surface area contributed by atoms with Gasteiger partial charge in [0.25, 0.3) is 11.1 Å². The van der Waals surface area contributed by atoms with Crippen molar-refractivity contribution in [2.24, 2.45) is 0 Å². The first kappa shape index (κ1) is 20.8. The van der Waals surface area contributed by atoms with Gasteiger partial charge in [-0.3, -0.25) is 19.3 Å². The van der Waals surface area contributed by atoms with E-state index in [1.165, 1.54) is 7.11 Å². The van der Waals surface area contributed by atoms with Crippen LogP contribution in [0.25, 0.3) is 6.08 Å². The summed E-state index contributed by atoms with van der Waals surface area (Å²) >= 11 is 0.785.